The van der Waals surface area contributed by atoms with Gasteiger partial charge in [0.2, 0.25) is 11.2 Å². The van der Waals surface area contributed by atoms with Crippen LogP contribution in [0.1, 0.15) is 54.2 Å². The lowest BCUT2D eigenvalue weighted by Crippen LogP contribution is -2.24. The molecule has 0 aliphatic heterocycles. The number of para-hydroxylation sites is 1. The minimum Gasteiger partial charge on any atom is -0.351 e. The molecule has 0 radical (unpaired) electrons. The molecule has 154 valence electrons. The minimum absolute atomic E-state index is 0.0308. The number of aryl methyl sites for hydroxylation is 4. The molecule has 31 heavy (non-hydrogen) atoms. The van der Waals surface area contributed by atoms with Crippen LogP contribution in [-0.2, 0) is 0 Å². The van der Waals surface area contributed by atoms with Gasteiger partial charge in [0.05, 0.1) is 5.56 Å². The van der Waals surface area contributed by atoms with E-state index in [1.165, 1.54) is 0 Å². The van der Waals surface area contributed by atoms with Crippen LogP contribution in [0, 0.1) is 27.7 Å². The fourth-order valence-electron chi connectivity index (χ4n) is 3.85. The van der Waals surface area contributed by atoms with E-state index in [0.29, 0.717) is 22.0 Å². The lowest BCUT2D eigenvalue weighted by Gasteiger charge is -2.13. The highest BCUT2D eigenvalue weighted by atomic mass is 16.1. The van der Waals surface area contributed by atoms with E-state index in [4.69, 9.17) is 0 Å². The van der Waals surface area contributed by atoms with Gasteiger partial charge in [0, 0.05) is 22.0 Å². The van der Waals surface area contributed by atoms with E-state index in [-0.39, 0.29) is 17.0 Å². The first-order valence-electron chi connectivity index (χ1n) is 10.2. The highest BCUT2D eigenvalue weighted by molar-refractivity contribution is 6.20. The van der Waals surface area contributed by atoms with Crippen molar-refractivity contribution in [3.63, 3.8) is 0 Å². The molecule has 0 saturated heterocycles. The van der Waals surface area contributed by atoms with E-state index < -0.39 is 11.2 Å². The number of hydrogen-bond acceptors (Lipinski definition) is 3. The van der Waals surface area contributed by atoms with Crippen LogP contribution in [-0.4, -0.2) is 16.6 Å². The van der Waals surface area contributed by atoms with E-state index in [1.807, 2.05) is 52.0 Å². The Morgan fingerprint density at radius 2 is 1.26 bits per heavy atom. The van der Waals surface area contributed by atoms with Crippen molar-refractivity contribution in [1.82, 2.24) is 4.98 Å². The second kappa shape index (κ2) is 7.80. The topological polar surface area (TPSA) is 67.0 Å². The van der Waals surface area contributed by atoms with Crippen LogP contribution in [0.2, 0.25) is 0 Å². The van der Waals surface area contributed by atoms with Crippen LogP contribution in [0.3, 0.4) is 0 Å². The molecule has 0 saturated carbocycles. The fraction of sp³-hybridized carbons (Fsp3) is 0.148. The van der Waals surface area contributed by atoms with E-state index in [2.05, 4.69) is 4.98 Å². The molecule has 4 aromatic rings. The lowest BCUT2D eigenvalue weighted by atomic mass is 9.91. The van der Waals surface area contributed by atoms with Gasteiger partial charge in [-0.1, -0.05) is 47.5 Å². The summed E-state index contributed by atoms with van der Waals surface area (Å²) in [6.07, 6.45) is 0. The minimum atomic E-state index is -0.443. The first kappa shape index (κ1) is 20.5. The fourth-order valence-corrected chi connectivity index (χ4v) is 3.85. The first-order chi connectivity index (χ1) is 14.8. The zero-order valence-electron chi connectivity index (χ0n) is 18.0. The van der Waals surface area contributed by atoms with Crippen molar-refractivity contribution in [3.05, 3.63) is 116 Å². The maximum Gasteiger partial charge on any atom is 0.210 e. The average molecular weight is 409 g/mol. The Labute approximate surface area is 180 Å². The van der Waals surface area contributed by atoms with Crippen molar-refractivity contribution in [3.8, 4) is 0 Å². The van der Waals surface area contributed by atoms with E-state index in [9.17, 15) is 14.4 Å². The Balaban J connectivity index is 2.04. The third kappa shape index (κ3) is 3.61. The van der Waals surface area contributed by atoms with Gasteiger partial charge in [-0.2, -0.15) is 0 Å². The number of carbonyl (C=O) groups excluding carboxylic acids is 2. The number of H-pyrrole nitrogens is 1. The molecule has 0 fully saturated rings. The van der Waals surface area contributed by atoms with Crippen LogP contribution >= 0.6 is 0 Å². The molecule has 0 spiro atoms. The summed E-state index contributed by atoms with van der Waals surface area (Å²) in [4.78, 5) is 43.8. The van der Waals surface area contributed by atoms with Gasteiger partial charge < -0.3 is 4.98 Å². The van der Waals surface area contributed by atoms with E-state index >= 15 is 0 Å². The van der Waals surface area contributed by atoms with Gasteiger partial charge in [0.1, 0.15) is 5.69 Å². The zero-order valence-corrected chi connectivity index (χ0v) is 18.0. The van der Waals surface area contributed by atoms with Gasteiger partial charge in [-0.3, -0.25) is 14.4 Å². The van der Waals surface area contributed by atoms with E-state index in [0.717, 1.165) is 22.3 Å². The Kier molecular flexibility index (Phi) is 5.15. The summed E-state index contributed by atoms with van der Waals surface area (Å²) in [6.45, 7) is 7.47. The largest absolute Gasteiger partial charge is 0.351 e. The summed E-state index contributed by atoms with van der Waals surface area (Å²) in [5, 5.41) is 0.383. The van der Waals surface area contributed by atoms with Gasteiger partial charge in [-0.05, 0) is 63.1 Å². The van der Waals surface area contributed by atoms with Crippen LogP contribution in [0.4, 0.5) is 0 Å². The SMILES string of the molecule is Cc1ccc(C)c(C(=O)c2[nH]c3ccccc3c(=O)c2C(=O)c2cc(C)ccc2C)c1. The standard InChI is InChI=1S/C27H23NO3/c1-15-9-11-17(3)20(13-15)26(30)23-24(27(31)21-14-16(2)10-12-18(21)4)28-22-8-6-5-7-19(22)25(23)29/h5-14H,1-4H3,(H,28,29). The Morgan fingerprint density at radius 1 is 0.710 bits per heavy atom. The first-order valence-corrected chi connectivity index (χ1v) is 10.2. The maximum atomic E-state index is 13.6. The van der Waals surface area contributed by atoms with Crippen LogP contribution in [0.25, 0.3) is 10.9 Å². The Hall–Kier alpha value is -3.79. The highest BCUT2D eigenvalue weighted by Crippen LogP contribution is 2.22. The molecule has 3 aromatic carbocycles. The van der Waals surface area contributed by atoms with Crippen molar-refractivity contribution in [2.24, 2.45) is 0 Å². The molecular formula is C27H23NO3. The Morgan fingerprint density at radius 3 is 1.87 bits per heavy atom. The molecule has 1 aromatic heterocycles. The smallest absolute Gasteiger partial charge is 0.210 e. The molecule has 4 nitrogen and oxygen atoms in total. The number of pyridine rings is 1. The second-order valence-corrected chi connectivity index (χ2v) is 8.04. The lowest BCUT2D eigenvalue weighted by molar-refractivity contribution is 0.0998. The van der Waals surface area contributed by atoms with Crippen molar-refractivity contribution >= 4 is 22.5 Å². The van der Waals surface area contributed by atoms with Crippen LogP contribution in [0.15, 0.2) is 65.5 Å². The van der Waals surface area contributed by atoms with Gasteiger partial charge in [-0.25, -0.2) is 0 Å². The molecule has 4 heteroatoms. The summed E-state index contributed by atoms with van der Waals surface area (Å²) in [6, 6.07) is 18.1. The highest BCUT2D eigenvalue weighted by Gasteiger charge is 2.27. The monoisotopic (exact) mass is 409 g/mol. The zero-order chi connectivity index (χ0) is 22.3. The number of ketones is 2. The van der Waals surface area contributed by atoms with Crippen LogP contribution in [0.5, 0.6) is 0 Å². The normalized spacial score (nSPS) is 11.0. The third-order valence-electron chi connectivity index (χ3n) is 5.64. The van der Waals surface area contributed by atoms with Gasteiger partial charge in [-0.15, -0.1) is 0 Å². The molecule has 1 N–H and O–H groups in total. The number of benzene rings is 3. The summed E-state index contributed by atoms with van der Waals surface area (Å²) >= 11 is 0. The summed E-state index contributed by atoms with van der Waals surface area (Å²) in [5.41, 5.74) is 4.29. The van der Waals surface area contributed by atoms with Crippen LogP contribution < -0.4 is 5.43 Å². The molecule has 0 aliphatic carbocycles. The molecular weight excluding hydrogens is 386 g/mol. The van der Waals surface area contributed by atoms with Crippen molar-refractivity contribution in [1.29, 1.82) is 0 Å². The van der Waals surface area contributed by atoms with Gasteiger partial charge in [0.15, 0.2) is 5.78 Å². The summed E-state index contributed by atoms with van der Waals surface area (Å²) < 4.78 is 0. The van der Waals surface area contributed by atoms with Crippen molar-refractivity contribution < 1.29 is 9.59 Å². The quantitative estimate of drug-likeness (QED) is 0.470. The van der Waals surface area contributed by atoms with Crippen molar-refractivity contribution in [2.75, 3.05) is 0 Å². The molecule has 0 aliphatic rings. The molecule has 0 atom stereocenters. The molecule has 0 bridgehead atoms. The number of hydrogen-bond donors (Lipinski definition) is 1. The number of carbonyl (C=O) groups is 2. The average Bonchev–Trinajstić information content (AvgIpc) is 2.76. The molecule has 1 heterocycles. The number of rotatable bonds is 4. The second-order valence-electron chi connectivity index (χ2n) is 8.04. The predicted molar refractivity (Wildman–Crippen MR) is 123 cm³/mol. The number of aromatic amines is 1. The maximum absolute atomic E-state index is 13.6. The molecule has 0 amide bonds. The predicted octanol–water partition coefficient (Wildman–Crippen LogP) is 5.22. The molecule has 4 rings (SSSR count). The Bertz CT molecular complexity index is 1430. The third-order valence-corrected chi connectivity index (χ3v) is 5.64. The molecule has 0 unspecified atom stereocenters. The number of fused-ring (bicyclic) bond motifs is 1. The van der Waals surface area contributed by atoms with Gasteiger partial charge in [0.25, 0.3) is 0 Å². The number of aromatic nitrogens is 1. The van der Waals surface area contributed by atoms with E-state index in [1.54, 1.807) is 36.4 Å². The van der Waals surface area contributed by atoms with Crippen molar-refractivity contribution in [2.45, 2.75) is 27.7 Å². The summed E-state index contributed by atoms with van der Waals surface area (Å²) in [7, 11) is 0. The summed E-state index contributed by atoms with van der Waals surface area (Å²) in [5.74, 6) is -0.806. The number of nitrogens with one attached hydrogen (secondary N) is 1. The van der Waals surface area contributed by atoms with Gasteiger partial charge >= 0.3 is 0 Å².